The third-order valence-electron chi connectivity index (χ3n) is 2.87. The minimum absolute atomic E-state index is 1.01. The molecule has 0 aliphatic carbocycles. The van der Waals surface area contributed by atoms with Crippen molar-refractivity contribution in [3.63, 3.8) is 0 Å². The van der Waals surface area contributed by atoms with E-state index < -0.39 is 8.25 Å². The Bertz CT molecular complexity index is 143. The third kappa shape index (κ3) is 19.6. The summed E-state index contributed by atoms with van der Waals surface area (Å²) in [6.45, 7) is 6.92. The molecule has 0 aromatic heterocycles. The second-order valence-electron chi connectivity index (χ2n) is 4.14. The Hall–Kier alpha value is 0.0200. The lowest BCUT2D eigenvalue weighted by molar-refractivity contribution is 0.405. The summed E-state index contributed by atoms with van der Waals surface area (Å²) < 4.78 is 8.70. The first kappa shape index (κ1) is 18.4. The van der Waals surface area contributed by atoms with Gasteiger partial charge in [0.25, 0.3) is 0 Å². The highest BCUT2D eigenvalue weighted by Gasteiger charge is 2.01. The van der Waals surface area contributed by atoms with Gasteiger partial charge in [0.15, 0.2) is 0 Å². The molecule has 0 saturated carbocycles. The van der Waals surface area contributed by atoms with Crippen molar-refractivity contribution in [3.8, 4) is 0 Å². The fourth-order valence-corrected chi connectivity index (χ4v) is 1.73. The molecular formula is C12H28O3P+. The first-order valence-electron chi connectivity index (χ1n) is 6.43. The molecule has 0 atom stereocenters. The van der Waals surface area contributed by atoms with E-state index in [1.165, 1.54) is 51.4 Å². The minimum atomic E-state index is -2.87. The molecule has 0 bridgehead atoms. The number of hydrogen-bond acceptors (Lipinski definition) is 1. The van der Waals surface area contributed by atoms with Crippen molar-refractivity contribution in [2.75, 3.05) is 0 Å². The van der Waals surface area contributed by atoms with E-state index in [9.17, 15) is 0 Å². The highest BCUT2D eigenvalue weighted by molar-refractivity contribution is 7.30. The van der Waals surface area contributed by atoms with Crippen LogP contribution in [0, 0.1) is 5.92 Å². The Balaban J connectivity index is 0. The Morgan fingerprint density at radius 2 is 1.38 bits per heavy atom. The van der Waals surface area contributed by atoms with Crippen LogP contribution in [0.1, 0.15) is 72.1 Å². The van der Waals surface area contributed by atoms with Gasteiger partial charge in [0.1, 0.15) is 0 Å². The molecule has 0 aliphatic rings. The maximum atomic E-state index is 8.70. The second-order valence-corrected chi connectivity index (χ2v) is 4.64. The van der Waals surface area contributed by atoms with Gasteiger partial charge >= 0.3 is 8.25 Å². The summed E-state index contributed by atoms with van der Waals surface area (Å²) in [5, 5.41) is 0. The Labute approximate surface area is 101 Å². The molecule has 16 heavy (non-hydrogen) atoms. The van der Waals surface area contributed by atoms with Crippen molar-refractivity contribution in [2.24, 2.45) is 5.92 Å². The fraction of sp³-hybridized carbons (Fsp3) is 1.00. The van der Waals surface area contributed by atoms with Crippen LogP contribution in [0.15, 0.2) is 0 Å². The highest BCUT2D eigenvalue weighted by atomic mass is 31.1. The van der Waals surface area contributed by atoms with Crippen LogP contribution >= 0.6 is 8.25 Å². The molecule has 0 aromatic rings. The Morgan fingerprint density at radius 3 is 1.75 bits per heavy atom. The summed E-state index contributed by atoms with van der Waals surface area (Å²) in [4.78, 5) is 14.2. The zero-order valence-corrected chi connectivity index (χ0v) is 11.9. The van der Waals surface area contributed by atoms with Crippen molar-refractivity contribution < 1.29 is 14.4 Å². The molecule has 0 aliphatic heterocycles. The second kappa shape index (κ2) is 15.0. The third-order valence-corrected chi connectivity index (χ3v) is 2.87. The maximum absolute atomic E-state index is 8.70. The van der Waals surface area contributed by atoms with Gasteiger partial charge < -0.3 is 0 Å². The van der Waals surface area contributed by atoms with Gasteiger partial charge in [0.05, 0.1) is 0 Å². The van der Waals surface area contributed by atoms with Gasteiger partial charge in [0, 0.05) is 4.57 Å². The predicted molar refractivity (Wildman–Crippen MR) is 69.5 cm³/mol. The standard InChI is InChI=1S/C12H26.HO3P/c1-4-7-8-9-10-11-12(5-2)6-3;1-4(2)3/h12H,4-11H2,1-3H3;(H-,1,2,3)/p+1. The molecule has 0 heterocycles. The fourth-order valence-electron chi connectivity index (χ4n) is 1.73. The molecule has 4 heteroatoms. The van der Waals surface area contributed by atoms with Crippen molar-refractivity contribution in [1.29, 1.82) is 0 Å². The SMILES string of the molecule is CCCCCCCC(CC)CC.O=[P+](O)O. The Morgan fingerprint density at radius 1 is 0.938 bits per heavy atom. The van der Waals surface area contributed by atoms with Crippen LogP contribution in [-0.2, 0) is 4.57 Å². The van der Waals surface area contributed by atoms with Crippen LogP contribution in [0.4, 0.5) is 0 Å². The first-order chi connectivity index (χ1) is 7.58. The van der Waals surface area contributed by atoms with Gasteiger partial charge in [-0.05, 0) is 5.92 Å². The molecule has 0 amide bonds. The lowest BCUT2D eigenvalue weighted by Crippen LogP contribution is -1.96. The van der Waals surface area contributed by atoms with Crippen LogP contribution in [0.5, 0.6) is 0 Å². The summed E-state index contributed by atoms with van der Waals surface area (Å²) in [6.07, 6.45) is 11.4. The van der Waals surface area contributed by atoms with E-state index in [4.69, 9.17) is 14.4 Å². The minimum Gasteiger partial charge on any atom is -0.134 e. The monoisotopic (exact) mass is 251 g/mol. The van der Waals surface area contributed by atoms with Crippen LogP contribution in [0.2, 0.25) is 0 Å². The number of hydrogen-bond donors (Lipinski definition) is 2. The molecule has 0 fully saturated rings. The van der Waals surface area contributed by atoms with Crippen LogP contribution in [0.25, 0.3) is 0 Å². The van der Waals surface area contributed by atoms with Gasteiger partial charge in [-0.1, -0.05) is 72.1 Å². The van der Waals surface area contributed by atoms with E-state index in [0.717, 1.165) is 5.92 Å². The quantitative estimate of drug-likeness (QED) is 0.496. The molecule has 0 saturated heterocycles. The van der Waals surface area contributed by atoms with Crippen molar-refractivity contribution >= 4 is 8.25 Å². The van der Waals surface area contributed by atoms with E-state index in [1.54, 1.807) is 0 Å². The topological polar surface area (TPSA) is 57.5 Å². The summed E-state index contributed by atoms with van der Waals surface area (Å²) in [7, 11) is -2.87. The molecule has 3 nitrogen and oxygen atoms in total. The molecule has 0 unspecified atom stereocenters. The van der Waals surface area contributed by atoms with E-state index >= 15 is 0 Å². The molecular weight excluding hydrogens is 223 g/mol. The molecule has 2 N–H and O–H groups in total. The highest BCUT2D eigenvalue weighted by Crippen LogP contribution is 2.17. The molecule has 0 rings (SSSR count). The lowest BCUT2D eigenvalue weighted by Gasteiger charge is -2.10. The van der Waals surface area contributed by atoms with Gasteiger partial charge in [-0.15, -0.1) is 9.79 Å². The summed E-state index contributed by atoms with van der Waals surface area (Å²) in [5.41, 5.74) is 0. The number of unbranched alkanes of at least 4 members (excludes halogenated alkanes) is 4. The average Bonchev–Trinajstić information content (AvgIpc) is 2.23. The first-order valence-corrected chi connectivity index (χ1v) is 7.59. The van der Waals surface area contributed by atoms with Gasteiger partial charge in [-0.3, -0.25) is 0 Å². The summed E-state index contributed by atoms with van der Waals surface area (Å²) in [5.74, 6) is 1.01. The summed E-state index contributed by atoms with van der Waals surface area (Å²) in [6, 6.07) is 0. The van der Waals surface area contributed by atoms with Crippen molar-refractivity contribution in [3.05, 3.63) is 0 Å². The molecule has 0 aromatic carbocycles. The smallest absolute Gasteiger partial charge is 0.134 e. The largest absolute Gasteiger partial charge is 0.692 e. The maximum Gasteiger partial charge on any atom is 0.692 e. The van der Waals surface area contributed by atoms with E-state index in [-0.39, 0.29) is 0 Å². The van der Waals surface area contributed by atoms with E-state index in [2.05, 4.69) is 20.8 Å². The average molecular weight is 251 g/mol. The lowest BCUT2D eigenvalue weighted by atomic mass is 9.96. The van der Waals surface area contributed by atoms with Crippen LogP contribution < -0.4 is 0 Å². The van der Waals surface area contributed by atoms with E-state index in [1.807, 2.05) is 0 Å². The van der Waals surface area contributed by atoms with Crippen LogP contribution in [-0.4, -0.2) is 9.79 Å². The molecule has 98 valence electrons. The van der Waals surface area contributed by atoms with Gasteiger partial charge in [-0.2, -0.15) is 0 Å². The normalized spacial score (nSPS) is 9.88. The predicted octanol–water partition coefficient (Wildman–Crippen LogP) is 4.41. The van der Waals surface area contributed by atoms with Crippen LogP contribution in [0.3, 0.4) is 0 Å². The van der Waals surface area contributed by atoms with Gasteiger partial charge in [-0.25, -0.2) is 0 Å². The molecule has 0 radical (unpaired) electrons. The van der Waals surface area contributed by atoms with Gasteiger partial charge in [0.2, 0.25) is 0 Å². The summed E-state index contributed by atoms with van der Waals surface area (Å²) >= 11 is 0. The Kier molecular flexibility index (Phi) is 17.3. The van der Waals surface area contributed by atoms with Crippen molar-refractivity contribution in [1.82, 2.24) is 0 Å². The zero-order valence-electron chi connectivity index (χ0n) is 11.0. The molecule has 0 spiro atoms. The zero-order chi connectivity index (χ0) is 12.8. The van der Waals surface area contributed by atoms with Crippen molar-refractivity contribution in [2.45, 2.75) is 72.1 Å². The van der Waals surface area contributed by atoms with E-state index in [0.29, 0.717) is 0 Å². The number of rotatable bonds is 8.